The molecule has 0 bridgehead atoms. The summed E-state index contributed by atoms with van der Waals surface area (Å²) in [7, 11) is 0. The highest BCUT2D eigenvalue weighted by molar-refractivity contribution is 6.15. The van der Waals surface area contributed by atoms with E-state index in [0.717, 1.165) is 17.1 Å². The highest BCUT2D eigenvalue weighted by atomic mass is 15.1. The van der Waals surface area contributed by atoms with Crippen LogP contribution in [0.25, 0.3) is 54.9 Å². The maximum atomic E-state index is 2.54. The second-order valence-electron chi connectivity index (χ2n) is 17.2. The lowest BCUT2D eigenvalue weighted by atomic mass is 9.67. The molecule has 61 heavy (non-hydrogen) atoms. The molecule has 0 radical (unpaired) electrons. The van der Waals surface area contributed by atoms with Gasteiger partial charge >= 0.3 is 0 Å². The maximum Gasteiger partial charge on any atom is 0.0714 e. The van der Waals surface area contributed by atoms with E-state index in [1.54, 1.807) is 0 Å². The molecule has 12 rings (SSSR count). The molecular weight excluding hydrogens is 735 g/mol. The van der Waals surface area contributed by atoms with Gasteiger partial charge in [-0.15, -0.1) is 0 Å². The highest BCUT2D eigenvalue weighted by Crippen LogP contribution is 2.58. The molecule has 1 heteroatoms. The summed E-state index contributed by atoms with van der Waals surface area (Å²) in [6.45, 7) is 4.75. The summed E-state index contributed by atoms with van der Waals surface area (Å²) >= 11 is 0. The lowest BCUT2D eigenvalue weighted by Gasteiger charge is -2.35. The zero-order valence-electron chi connectivity index (χ0n) is 34.3. The fourth-order valence-electron chi connectivity index (χ4n) is 10.9. The van der Waals surface area contributed by atoms with Crippen LogP contribution in [0.15, 0.2) is 224 Å². The van der Waals surface area contributed by atoms with E-state index >= 15 is 0 Å². The van der Waals surface area contributed by atoms with Crippen molar-refractivity contribution in [1.29, 1.82) is 0 Å². The van der Waals surface area contributed by atoms with Crippen molar-refractivity contribution in [3.63, 3.8) is 0 Å². The van der Waals surface area contributed by atoms with Crippen molar-refractivity contribution in [3.05, 3.63) is 258 Å². The third-order valence-electron chi connectivity index (χ3n) is 13.7. The Bertz CT molecular complexity index is 3340. The van der Waals surface area contributed by atoms with E-state index in [2.05, 4.69) is 243 Å². The first-order chi connectivity index (χ1) is 30.0. The quantitative estimate of drug-likeness (QED) is 0.152. The largest absolute Gasteiger partial charge is 0.310 e. The van der Waals surface area contributed by atoms with Gasteiger partial charge in [-0.05, 0) is 119 Å². The van der Waals surface area contributed by atoms with Crippen LogP contribution in [0, 0.1) is 0 Å². The van der Waals surface area contributed by atoms with Gasteiger partial charge in [0.2, 0.25) is 0 Å². The minimum absolute atomic E-state index is 0.148. The number of rotatable bonds is 6. The Kier molecular flexibility index (Phi) is 7.86. The molecule has 0 spiro atoms. The summed E-state index contributed by atoms with van der Waals surface area (Å²) in [5, 5.41) is 4.95. The summed E-state index contributed by atoms with van der Waals surface area (Å²) in [5.41, 5.74) is 18.1. The molecule has 2 aliphatic rings. The molecule has 0 saturated carbocycles. The molecular formula is C60H43N. The molecule has 1 unspecified atom stereocenters. The molecule has 10 aromatic rings. The van der Waals surface area contributed by atoms with Gasteiger partial charge in [-0.2, -0.15) is 0 Å². The van der Waals surface area contributed by atoms with Crippen molar-refractivity contribution in [1.82, 2.24) is 0 Å². The van der Waals surface area contributed by atoms with Crippen molar-refractivity contribution in [2.45, 2.75) is 24.7 Å². The molecule has 1 nitrogen and oxygen atoms in total. The predicted molar refractivity (Wildman–Crippen MR) is 256 cm³/mol. The Morgan fingerprint density at radius 3 is 1.67 bits per heavy atom. The topological polar surface area (TPSA) is 3.24 Å². The molecule has 2 aliphatic carbocycles. The van der Waals surface area contributed by atoms with Gasteiger partial charge in [0.25, 0.3) is 0 Å². The third-order valence-corrected chi connectivity index (χ3v) is 13.7. The molecule has 0 aromatic heterocycles. The minimum atomic E-state index is -0.577. The van der Waals surface area contributed by atoms with Crippen molar-refractivity contribution in [3.8, 4) is 33.4 Å². The van der Waals surface area contributed by atoms with Gasteiger partial charge in [0, 0.05) is 22.2 Å². The van der Waals surface area contributed by atoms with Gasteiger partial charge in [0.05, 0.1) is 11.1 Å². The van der Waals surface area contributed by atoms with Gasteiger partial charge in [-0.3, -0.25) is 0 Å². The van der Waals surface area contributed by atoms with E-state index in [1.807, 2.05) is 0 Å². The van der Waals surface area contributed by atoms with Crippen molar-refractivity contribution in [2.75, 3.05) is 4.90 Å². The first-order valence-corrected chi connectivity index (χ1v) is 21.4. The fraction of sp³-hybridized carbons (Fsp3) is 0.0667. The molecule has 0 saturated heterocycles. The van der Waals surface area contributed by atoms with E-state index < -0.39 is 5.41 Å². The molecule has 0 amide bonds. The minimum Gasteiger partial charge on any atom is -0.310 e. The summed E-state index contributed by atoms with van der Waals surface area (Å²) in [5.74, 6) is 0. The maximum absolute atomic E-state index is 2.54. The van der Waals surface area contributed by atoms with Crippen LogP contribution in [-0.2, 0) is 10.8 Å². The Balaban J connectivity index is 1.16. The SMILES string of the molecule is CC1(C)c2ccccc2-c2ccc(N(c3ccc4c(c3)C(c3ccccc3)(c3cccc(-c5ccccc5)c3)c3ccccc3-4)c3cccc4ccc5ccccc5c34)cc21. The summed E-state index contributed by atoms with van der Waals surface area (Å²) in [6.07, 6.45) is 0. The van der Waals surface area contributed by atoms with Crippen LogP contribution in [0.5, 0.6) is 0 Å². The molecule has 0 heterocycles. The van der Waals surface area contributed by atoms with Gasteiger partial charge < -0.3 is 4.90 Å². The Morgan fingerprint density at radius 2 is 0.885 bits per heavy atom. The molecule has 0 fully saturated rings. The van der Waals surface area contributed by atoms with E-state index in [9.17, 15) is 0 Å². The summed E-state index contributed by atoms with van der Waals surface area (Å²) < 4.78 is 0. The molecule has 0 N–H and O–H groups in total. The summed E-state index contributed by atoms with van der Waals surface area (Å²) in [4.78, 5) is 2.54. The smallest absolute Gasteiger partial charge is 0.0714 e. The van der Waals surface area contributed by atoms with Crippen LogP contribution >= 0.6 is 0 Å². The Hall–Kier alpha value is -7.48. The van der Waals surface area contributed by atoms with Crippen LogP contribution in [0.2, 0.25) is 0 Å². The number of hydrogen-bond donors (Lipinski definition) is 0. The highest BCUT2D eigenvalue weighted by Gasteiger charge is 2.46. The van der Waals surface area contributed by atoms with Gasteiger partial charge in [0.15, 0.2) is 0 Å². The lowest BCUT2D eigenvalue weighted by molar-refractivity contribution is 0.660. The first-order valence-electron chi connectivity index (χ1n) is 21.4. The zero-order chi connectivity index (χ0) is 40.7. The van der Waals surface area contributed by atoms with Crippen molar-refractivity contribution in [2.24, 2.45) is 0 Å². The second-order valence-corrected chi connectivity index (χ2v) is 17.2. The van der Waals surface area contributed by atoms with E-state index in [4.69, 9.17) is 0 Å². The van der Waals surface area contributed by atoms with Gasteiger partial charge in [-0.1, -0.05) is 202 Å². The number of hydrogen-bond acceptors (Lipinski definition) is 1. The van der Waals surface area contributed by atoms with Gasteiger partial charge in [-0.25, -0.2) is 0 Å². The van der Waals surface area contributed by atoms with E-state index in [0.29, 0.717) is 0 Å². The standard InChI is InChI=1S/C60H43N/c1-59(2)53-28-13-11-26-49(53)51-35-33-46(38-55(51)59)61(57-30-16-20-42-32-31-41-19-9-10-25-48(41)58(42)57)47-34-36-52-50-27-12-14-29-54(50)60(56(52)39-47,44-22-7-4-8-23-44)45-24-15-21-43(37-45)40-17-5-3-6-18-40/h3-39H,1-2H3. The van der Waals surface area contributed by atoms with Crippen LogP contribution in [-0.4, -0.2) is 0 Å². The number of nitrogens with zero attached hydrogens (tertiary/aromatic N) is 1. The number of benzene rings is 10. The lowest BCUT2D eigenvalue weighted by Crippen LogP contribution is -2.29. The van der Waals surface area contributed by atoms with Crippen LogP contribution < -0.4 is 4.90 Å². The molecule has 0 aliphatic heterocycles. The average molecular weight is 778 g/mol. The molecule has 1 atom stereocenters. The predicted octanol–water partition coefficient (Wildman–Crippen LogP) is 15.8. The fourth-order valence-corrected chi connectivity index (χ4v) is 10.9. The second kappa shape index (κ2) is 13.5. The van der Waals surface area contributed by atoms with Crippen LogP contribution in [0.4, 0.5) is 17.1 Å². The van der Waals surface area contributed by atoms with E-state index in [-0.39, 0.29) is 5.41 Å². The zero-order valence-corrected chi connectivity index (χ0v) is 34.3. The van der Waals surface area contributed by atoms with Gasteiger partial charge in [0.1, 0.15) is 0 Å². The third kappa shape index (κ3) is 5.20. The van der Waals surface area contributed by atoms with Crippen molar-refractivity contribution >= 4 is 38.6 Å². The average Bonchev–Trinajstić information content (AvgIpc) is 3.74. The summed E-state index contributed by atoms with van der Waals surface area (Å²) in [6, 6.07) is 83.8. The molecule has 288 valence electrons. The number of anilines is 3. The van der Waals surface area contributed by atoms with Crippen LogP contribution in [0.1, 0.15) is 47.2 Å². The normalized spacial score (nSPS) is 15.6. The first kappa shape index (κ1) is 35.5. The van der Waals surface area contributed by atoms with Crippen molar-refractivity contribution < 1.29 is 0 Å². The number of fused-ring (bicyclic) bond motifs is 9. The van der Waals surface area contributed by atoms with E-state index in [1.165, 1.54) is 88.3 Å². The van der Waals surface area contributed by atoms with Crippen LogP contribution in [0.3, 0.4) is 0 Å². The Morgan fingerprint density at radius 1 is 0.344 bits per heavy atom. The molecule has 10 aromatic carbocycles. The Labute approximate surface area is 357 Å². The monoisotopic (exact) mass is 777 g/mol.